The van der Waals surface area contributed by atoms with E-state index in [-0.39, 0.29) is 307 Å². The van der Waals surface area contributed by atoms with Crippen LogP contribution in [-0.4, -0.2) is 289 Å². The second-order valence-corrected chi connectivity index (χ2v) is 43.0. The van der Waals surface area contributed by atoms with Crippen LogP contribution in [0.15, 0.2) is 74.1 Å². The summed E-state index contributed by atoms with van der Waals surface area (Å²) in [6, 6.07) is 1.23. The number of aromatic nitrogens is 20. The first-order valence-electron chi connectivity index (χ1n) is 43.7. The molecular formula is C76H107N25O30P6Y6. The van der Waals surface area contributed by atoms with E-state index in [0.717, 1.165) is 6.42 Å². The standard InChI is InChI=1S/C14H20N5O5P.C13H18N5O5P.C13H19N2O6P.C12H17N6O4P.C12H16N5O4P.C12H17N2O6P.6Y/c1-3-21-11-9-10(17-13(15)18-11)19(7-16-9)12-8-4-14(24-12,5-22-8)6-23-25(2)20;1-24(21)22-4-13-3-2-6(8(13)19)11(23-13)18-5-15-7-9(18)16-12(14)17-10(7)20;1-7-5-15(12(18)14-10(7)17)11-8-3-4-13(21-11,9(8)16)6-20-22(2)19;1-23(19)21-4-12-2-6(20-3-12)10(22-12)18-5-15-7-8(13)16-11(14)17-9(7)18;1-22(18)20-4-12-2-7(19-3-12)11(21-12)17-6-16-8-9(13)14-5-15-10(8)17;1-21(18)19-6-12-4-2-7(9(12)16)10(20-12)14-5-3-8(15)13-11(14)17;;;;;;/h7-8,12,25H,3-6H2,1-2H3,(H2,15,17,18);5-6,8,11,19,24H,2-4H2,1H3,(H3,14,16,17,20);5,8-9,11,16,22H,3-4,6H2,1-2H3,(H,14,17,18);5-6,10,23H,2-4H2,1H3,(H4,13,14,16,17);5-7,11,22H,2-4H2,1H3,(H2,13,14,15);3,5,7,9-10,16,21H,2,4,6H2,1H3,(H,13,15,17);;;;;;/t8-,12-,14-;6-,8+,11-,13-;8-,9+,11-,13-;6-,10-,12-;7-,11-,12-;7-,9+,10-,12-;;;;;;/m111111....../s1. The molecule has 12 bridgehead atoms. The molecule has 143 heavy (non-hydrogen) atoms. The summed E-state index contributed by atoms with van der Waals surface area (Å²) >= 11 is 0. The third-order valence-electron chi connectivity index (χ3n) is 26.0. The Bertz CT molecular complexity index is 6720. The molecule has 67 heteroatoms. The zero-order valence-corrected chi connectivity index (χ0v) is 102. The smallest absolute Gasteiger partial charge is 0.330 e. The van der Waals surface area contributed by atoms with Crippen LogP contribution < -0.4 is 61.5 Å². The maximum Gasteiger partial charge on any atom is 0.330 e. The van der Waals surface area contributed by atoms with E-state index in [1.807, 2.05) is 6.92 Å². The Balaban J connectivity index is 0.000000162. The molecule has 6 unspecified atom stereocenters. The number of nitrogen functional groups attached to an aromatic ring is 5. The van der Waals surface area contributed by atoms with Crippen LogP contribution >= 0.6 is 48.2 Å². The zero-order valence-electron chi connectivity index (χ0n) is 78.5. The summed E-state index contributed by atoms with van der Waals surface area (Å²) in [5, 5.41) is 31.4. The average Bonchev–Trinajstić information content (AvgIpc) is 1.61. The number of ether oxygens (including phenoxy) is 10. The van der Waals surface area contributed by atoms with Gasteiger partial charge in [-0.2, -0.15) is 24.9 Å². The quantitative estimate of drug-likeness (QED) is 0.0340. The number of nitrogens with one attached hydrogen (secondary N) is 3. The number of nitrogens with two attached hydrogens (primary N) is 5. The molecule has 3 aliphatic carbocycles. The molecule has 55 nitrogen and oxygen atoms in total. The minimum Gasteiger partial charge on any atom is -0.476 e. The number of aryl methyl sites for hydroxylation is 1. The molecule has 9 aliphatic heterocycles. The molecule has 0 aromatic carbocycles. The molecule has 22 rings (SSSR count). The van der Waals surface area contributed by atoms with E-state index in [4.69, 9.17) is 103 Å². The van der Waals surface area contributed by atoms with Gasteiger partial charge < -0.3 is 118 Å². The molecule has 19 heterocycles. The van der Waals surface area contributed by atoms with E-state index in [9.17, 15) is 66.7 Å². The molecule has 764 valence electrons. The number of nitrogens with zero attached hydrogens (tertiary/aromatic N) is 17. The predicted octanol–water partition coefficient (Wildman–Crippen LogP) is 1.29. The Labute approximate surface area is 966 Å². The second kappa shape index (κ2) is 49.9. The van der Waals surface area contributed by atoms with E-state index >= 15 is 0 Å². The van der Waals surface area contributed by atoms with Crippen molar-refractivity contribution in [2.24, 2.45) is 17.8 Å². The van der Waals surface area contributed by atoms with Gasteiger partial charge in [-0.15, -0.1) is 0 Å². The van der Waals surface area contributed by atoms with Crippen LogP contribution in [0.5, 0.6) is 5.88 Å². The first kappa shape index (κ1) is 121. The van der Waals surface area contributed by atoms with Gasteiger partial charge in [-0.25, -0.2) is 39.5 Å². The van der Waals surface area contributed by atoms with Gasteiger partial charge in [0.15, 0.2) is 112 Å². The van der Waals surface area contributed by atoms with Gasteiger partial charge in [0.2, 0.25) is 23.7 Å². The average molecular weight is 2570 g/mol. The fourth-order valence-corrected chi connectivity index (χ4v) is 22.3. The molecule has 10 aromatic heterocycles. The summed E-state index contributed by atoms with van der Waals surface area (Å²) < 4.78 is 168. The van der Waals surface area contributed by atoms with Gasteiger partial charge in [-0.3, -0.25) is 84.1 Å². The number of H-pyrrole nitrogens is 3. The van der Waals surface area contributed by atoms with Gasteiger partial charge in [0, 0.05) is 297 Å². The first-order chi connectivity index (χ1) is 65.2. The summed E-state index contributed by atoms with van der Waals surface area (Å²) in [4.78, 5) is 111. The third kappa shape index (κ3) is 25.3. The SMILES string of the molecule is CCOc1nc(N)nc2c1ncn2[C@@H]1O[C@@]2(CO[PH](C)=O)CO[C@@H]1C2.C[PH](=O)OC[C@@]12CC[C@@H]([C@H](n3ccc(=O)[nH]c3=O)O1)[C@@H]2O.C[PH](=O)OC[C@@]12CC[C@@H]([C@H](n3cnc4c(=O)[nH]c(N)nc43)O1)[C@@H]2O.C[PH](=O)OC[C@]12CO[C@H](C1)[C@H](n1cnc3c(N)nc(N)nc31)O2.C[PH](=O)OC[C@]12CO[C@H](C1)[C@H](n1cnc3c(N)ncnc31)O2.Cc1cn([C@@H]2O[C@@]3(CO[PH](C)=O)CC[C@@H]2[C@@H]3O)c(=O)[nH]c1=O.[Y].[Y].[Y].[Y].[Y].[Y]. The minimum atomic E-state index is -2.13. The van der Waals surface area contributed by atoms with Gasteiger partial charge in [0.1, 0.15) is 88.0 Å². The van der Waals surface area contributed by atoms with Crippen molar-refractivity contribution in [1.82, 2.24) is 97.2 Å². The molecule has 6 radical (unpaired) electrons. The molecule has 0 spiro atoms. The van der Waals surface area contributed by atoms with E-state index in [2.05, 4.69) is 69.8 Å². The fourth-order valence-electron chi connectivity index (χ4n) is 19.5. The Hall–Kier alpha value is -2.56. The van der Waals surface area contributed by atoms with Gasteiger partial charge in [-0.05, 0) is 52.4 Å². The first-order valence-corrected chi connectivity index (χ1v) is 54.6. The van der Waals surface area contributed by atoms with Crippen molar-refractivity contribution in [2.45, 2.75) is 179 Å². The summed E-state index contributed by atoms with van der Waals surface area (Å²) in [5.74, 6) is 0.354. The Morgan fingerprint density at radius 3 is 1.22 bits per heavy atom. The Morgan fingerprint density at radius 1 is 0.420 bits per heavy atom. The normalized spacial score (nSPS) is 31.3. The summed E-state index contributed by atoms with van der Waals surface area (Å²) in [6.45, 7) is 15.1. The summed E-state index contributed by atoms with van der Waals surface area (Å²) in [5.41, 5.74) is 25.7. The number of imidazole rings is 4. The van der Waals surface area contributed by atoms with Crippen molar-refractivity contribution in [3.63, 3.8) is 0 Å². The summed E-state index contributed by atoms with van der Waals surface area (Å²) in [6.07, 6.45) is 10.6. The van der Waals surface area contributed by atoms with Crippen molar-refractivity contribution in [3.8, 4) is 5.88 Å². The number of hydrogen-bond donors (Lipinski definition) is 11. The monoisotopic (exact) mass is 2570 g/mol. The van der Waals surface area contributed by atoms with Crippen LogP contribution in [-0.2, 0) is 293 Å². The van der Waals surface area contributed by atoms with Gasteiger partial charge in [0.25, 0.3) is 16.7 Å². The topological polar surface area (TPSA) is 745 Å². The van der Waals surface area contributed by atoms with Crippen molar-refractivity contribution < 1.29 is 313 Å². The van der Waals surface area contributed by atoms with Gasteiger partial charge in [0.05, 0.1) is 110 Å². The number of aliphatic hydroxyl groups excluding tert-OH is 3. The molecule has 3 saturated carbocycles. The van der Waals surface area contributed by atoms with Crippen LogP contribution in [0.2, 0.25) is 0 Å². The number of anilines is 5. The molecule has 10 aromatic rings. The maximum absolute atomic E-state index is 12.0. The number of fused-ring (bicyclic) bond motifs is 16. The van der Waals surface area contributed by atoms with E-state index < -0.39 is 159 Å². The van der Waals surface area contributed by atoms with E-state index in [1.54, 1.807) is 64.2 Å². The van der Waals surface area contributed by atoms with Crippen molar-refractivity contribution in [2.75, 3.05) is 135 Å². The molecule has 9 saturated heterocycles. The number of aliphatic hydroxyl groups is 3. The fraction of sp³-hybridized carbons (Fsp3) is 0.632. The third-order valence-corrected chi connectivity index (χ3v) is 29.3. The van der Waals surface area contributed by atoms with E-state index in [1.165, 1.54) is 60.2 Å². The van der Waals surface area contributed by atoms with Crippen LogP contribution in [0.4, 0.5) is 29.5 Å². The van der Waals surface area contributed by atoms with E-state index in [0.29, 0.717) is 134 Å². The van der Waals surface area contributed by atoms with Crippen LogP contribution in [0, 0.1) is 24.7 Å². The minimum absolute atomic E-state index is 0. The Morgan fingerprint density at radius 2 is 0.790 bits per heavy atom. The van der Waals surface area contributed by atoms with Crippen LogP contribution in [0.1, 0.15) is 108 Å². The molecule has 12 fully saturated rings. The number of hydrogen-bond acceptors (Lipinski definition) is 46. The van der Waals surface area contributed by atoms with Crippen molar-refractivity contribution in [3.05, 3.63) is 108 Å². The number of aromatic amines is 3. The molecule has 0 amide bonds. The van der Waals surface area contributed by atoms with Gasteiger partial charge in [-0.1, -0.05) is 0 Å². The molecule has 27 atom stereocenters. The van der Waals surface area contributed by atoms with Crippen molar-refractivity contribution in [1.29, 1.82) is 0 Å². The van der Waals surface area contributed by atoms with Crippen LogP contribution in [0.3, 0.4) is 0 Å². The second-order valence-electron chi connectivity index (χ2n) is 35.4. The van der Waals surface area contributed by atoms with Gasteiger partial charge >= 0.3 is 11.4 Å². The number of rotatable bonds is 26. The summed E-state index contributed by atoms with van der Waals surface area (Å²) in [7, 11) is -12.4. The maximum atomic E-state index is 12.0. The molecule has 16 N–H and O–H groups in total. The predicted molar refractivity (Wildman–Crippen MR) is 486 cm³/mol. The largest absolute Gasteiger partial charge is 0.476 e. The van der Waals surface area contributed by atoms with Crippen LogP contribution in [0.25, 0.3) is 44.7 Å². The zero-order chi connectivity index (χ0) is 97.4. The molecule has 12 aliphatic rings. The Kier molecular flexibility index (Phi) is 42.1. The van der Waals surface area contributed by atoms with Crippen molar-refractivity contribution >= 4 is 122 Å². The molecular weight excluding hydrogens is 2460 g/mol.